The summed E-state index contributed by atoms with van der Waals surface area (Å²) in [5.74, 6) is 1.43. The molecule has 1 aromatic heterocycles. The quantitative estimate of drug-likeness (QED) is 0.289. The first-order valence-electron chi connectivity index (χ1n) is 8.86. The SMILES string of the molecule is Cc1cccc(-c2nnc(SCc3ccc(Cl)cc3Cl)n2-c2ccc(Cl)cc2)c1. The molecular weight excluding hydrogens is 445 g/mol. The number of rotatable bonds is 5. The highest BCUT2D eigenvalue weighted by Gasteiger charge is 2.17. The zero-order valence-electron chi connectivity index (χ0n) is 15.4. The van der Waals surface area contributed by atoms with Gasteiger partial charge >= 0.3 is 0 Å². The molecule has 3 aromatic carbocycles. The first-order valence-corrected chi connectivity index (χ1v) is 11.0. The molecular formula is C22H16Cl3N3S. The lowest BCUT2D eigenvalue weighted by atomic mass is 10.1. The maximum Gasteiger partial charge on any atom is 0.196 e. The van der Waals surface area contributed by atoms with Crippen molar-refractivity contribution >= 4 is 46.6 Å². The lowest BCUT2D eigenvalue weighted by molar-refractivity contribution is 0.886. The average Bonchev–Trinajstić information content (AvgIpc) is 3.12. The molecule has 146 valence electrons. The molecule has 0 saturated heterocycles. The fourth-order valence-electron chi connectivity index (χ4n) is 2.94. The summed E-state index contributed by atoms with van der Waals surface area (Å²) in [7, 11) is 0. The van der Waals surface area contributed by atoms with Gasteiger partial charge in [-0.05, 0) is 55.0 Å². The van der Waals surface area contributed by atoms with Gasteiger partial charge in [-0.3, -0.25) is 4.57 Å². The van der Waals surface area contributed by atoms with Crippen molar-refractivity contribution in [1.29, 1.82) is 0 Å². The third-order valence-corrected chi connectivity index (χ3v) is 6.18. The van der Waals surface area contributed by atoms with Gasteiger partial charge in [0.2, 0.25) is 0 Å². The van der Waals surface area contributed by atoms with Crippen molar-refractivity contribution in [3.63, 3.8) is 0 Å². The van der Waals surface area contributed by atoms with Crippen molar-refractivity contribution in [2.24, 2.45) is 0 Å². The Morgan fingerprint density at radius 3 is 2.34 bits per heavy atom. The molecule has 0 aliphatic rings. The molecule has 0 saturated carbocycles. The molecule has 0 N–H and O–H groups in total. The van der Waals surface area contributed by atoms with Gasteiger partial charge in [-0.2, -0.15) is 0 Å². The summed E-state index contributed by atoms with van der Waals surface area (Å²) in [5, 5.41) is 11.7. The lowest BCUT2D eigenvalue weighted by Gasteiger charge is -2.11. The Bertz CT molecular complexity index is 1160. The number of aryl methyl sites for hydroxylation is 1. The molecule has 7 heteroatoms. The van der Waals surface area contributed by atoms with Gasteiger partial charge in [-0.25, -0.2) is 0 Å². The summed E-state index contributed by atoms with van der Waals surface area (Å²) in [6.45, 7) is 2.06. The van der Waals surface area contributed by atoms with Crippen molar-refractivity contribution in [2.75, 3.05) is 0 Å². The number of hydrogen-bond acceptors (Lipinski definition) is 3. The molecule has 1 heterocycles. The minimum absolute atomic E-state index is 0.620. The van der Waals surface area contributed by atoms with Gasteiger partial charge in [0.25, 0.3) is 0 Å². The van der Waals surface area contributed by atoms with Crippen LogP contribution in [0, 0.1) is 6.92 Å². The summed E-state index contributed by atoms with van der Waals surface area (Å²) in [6, 6.07) is 21.4. The van der Waals surface area contributed by atoms with E-state index < -0.39 is 0 Å². The van der Waals surface area contributed by atoms with E-state index in [1.807, 2.05) is 53.1 Å². The largest absolute Gasteiger partial charge is 0.270 e. The third-order valence-electron chi connectivity index (χ3n) is 4.37. The molecule has 0 radical (unpaired) electrons. The second kappa shape index (κ2) is 8.80. The van der Waals surface area contributed by atoms with E-state index >= 15 is 0 Å². The minimum Gasteiger partial charge on any atom is -0.270 e. The molecule has 0 atom stereocenters. The second-order valence-corrected chi connectivity index (χ2v) is 8.73. The molecule has 0 bridgehead atoms. The topological polar surface area (TPSA) is 30.7 Å². The number of benzene rings is 3. The van der Waals surface area contributed by atoms with Crippen LogP contribution in [0.2, 0.25) is 15.1 Å². The van der Waals surface area contributed by atoms with Crippen LogP contribution >= 0.6 is 46.6 Å². The second-order valence-electron chi connectivity index (χ2n) is 6.51. The number of thioether (sulfide) groups is 1. The highest BCUT2D eigenvalue weighted by atomic mass is 35.5. The van der Waals surface area contributed by atoms with Crippen LogP contribution in [0.1, 0.15) is 11.1 Å². The minimum atomic E-state index is 0.620. The van der Waals surface area contributed by atoms with Crippen LogP contribution in [0.3, 0.4) is 0 Å². The molecule has 0 aliphatic carbocycles. The molecule has 0 aliphatic heterocycles. The smallest absolute Gasteiger partial charge is 0.196 e. The molecule has 4 aromatic rings. The van der Waals surface area contributed by atoms with Crippen molar-refractivity contribution in [2.45, 2.75) is 17.8 Å². The summed E-state index contributed by atoms with van der Waals surface area (Å²) in [4.78, 5) is 0. The number of hydrogen-bond donors (Lipinski definition) is 0. The van der Waals surface area contributed by atoms with E-state index in [-0.39, 0.29) is 0 Å². The van der Waals surface area contributed by atoms with Crippen LogP contribution in [0.4, 0.5) is 0 Å². The first kappa shape index (κ1) is 20.3. The number of halogens is 3. The van der Waals surface area contributed by atoms with Crippen LogP contribution in [-0.2, 0) is 5.75 Å². The van der Waals surface area contributed by atoms with E-state index in [4.69, 9.17) is 34.8 Å². The Morgan fingerprint density at radius 2 is 1.62 bits per heavy atom. The van der Waals surface area contributed by atoms with Crippen LogP contribution < -0.4 is 0 Å². The van der Waals surface area contributed by atoms with Gasteiger partial charge in [0.05, 0.1) is 0 Å². The fraction of sp³-hybridized carbons (Fsp3) is 0.0909. The molecule has 3 nitrogen and oxygen atoms in total. The predicted molar refractivity (Wildman–Crippen MR) is 123 cm³/mol. The van der Waals surface area contributed by atoms with Gasteiger partial charge in [0.1, 0.15) is 0 Å². The molecule has 0 spiro atoms. The van der Waals surface area contributed by atoms with Crippen LogP contribution in [-0.4, -0.2) is 14.8 Å². The third kappa shape index (κ3) is 4.62. The van der Waals surface area contributed by atoms with E-state index in [1.165, 1.54) is 0 Å². The van der Waals surface area contributed by atoms with Crippen molar-refractivity contribution in [3.8, 4) is 17.1 Å². The monoisotopic (exact) mass is 459 g/mol. The van der Waals surface area contributed by atoms with Gasteiger partial charge in [0, 0.05) is 32.1 Å². The van der Waals surface area contributed by atoms with Crippen molar-refractivity contribution in [1.82, 2.24) is 14.8 Å². The Hall–Kier alpha value is -1.98. The Labute approximate surface area is 188 Å². The highest BCUT2D eigenvalue weighted by Crippen LogP contribution is 2.32. The highest BCUT2D eigenvalue weighted by molar-refractivity contribution is 7.98. The van der Waals surface area contributed by atoms with Crippen molar-refractivity contribution in [3.05, 3.63) is 92.9 Å². The fourth-order valence-corrected chi connectivity index (χ4v) is 4.57. The number of nitrogens with zero attached hydrogens (tertiary/aromatic N) is 3. The predicted octanol–water partition coefficient (Wildman–Crippen LogP) is 7.50. The van der Waals surface area contributed by atoms with E-state index in [0.29, 0.717) is 20.8 Å². The Morgan fingerprint density at radius 1 is 0.862 bits per heavy atom. The zero-order chi connectivity index (χ0) is 20.4. The maximum absolute atomic E-state index is 6.33. The van der Waals surface area contributed by atoms with Gasteiger partial charge in [-0.1, -0.05) is 76.4 Å². The first-order chi connectivity index (χ1) is 14.0. The van der Waals surface area contributed by atoms with Crippen LogP contribution in [0.15, 0.2) is 71.9 Å². The van der Waals surface area contributed by atoms with E-state index in [0.717, 1.165) is 33.4 Å². The van der Waals surface area contributed by atoms with E-state index in [2.05, 4.69) is 29.3 Å². The lowest BCUT2D eigenvalue weighted by Crippen LogP contribution is -2.00. The molecule has 0 unspecified atom stereocenters. The van der Waals surface area contributed by atoms with Crippen LogP contribution in [0.5, 0.6) is 0 Å². The molecule has 0 fully saturated rings. The summed E-state index contributed by atoms with van der Waals surface area (Å²) < 4.78 is 2.04. The zero-order valence-corrected chi connectivity index (χ0v) is 18.5. The molecule has 0 amide bonds. The maximum atomic E-state index is 6.33. The normalized spacial score (nSPS) is 11.0. The Balaban J connectivity index is 1.74. The van der Waals surface area contributed by atoms with Crippen molar-refractivity contribution < 1.29 is 0 Å². The molecule has 29 heavy (non-hydrogen) atoms. The van der Waals surface area contributed by atoms with Gasteiger partial charge < -0.3 is 0 Å². The summed E-state index contributed by atoms with van der Waals surface area (Å²) >= 11 is 20.0. The number of aromatic nitrogens is 3. The molecule has 4 rings (SSSR count). The summed E-state index contributed by atoms with van der Waals surface area (Å²) in [5.41, 5.74) is 4.10. The van der Waals surface area contributed by atoms with Gasteiger partial charge in [0.15, 0.2) is 11.0 Å². The van der Waals surface area contributed by atoms with E-state index in [1.54, 1.807) is 17.8 Å². The standard InChI is InChI=1S/C22H16Cl3N3S/c1-14-3-2-4-15(11-14)21-26-27-22(28(21)19-9-7-17(23)8-10-19)29-13-16-5-6-18(24)12-20(16)25/h2-12H,13H2,1H3. The average molecular weight is 461 g/mol. The van der Waals surface area contributed by atoms with E-state index in [9.17, 15) is 0 Å². The Kier molecular flexibility index (Phi) is 6.16. The summed E-state index contributed by atoms with van der Waals surface area (Å²) in [6.07, 6.45) is 0. The van der Waals surface area contributed by atoms with Crippen LogP contribution in [0.25, 0.3) is 17.1 Å². The van der Waals surface area contributed by atoms with Gasteiger partial charge in [-0.15, -0.1) is 10.2 Å².